The second kappa shape index (κ2) is 4.75. The highest BCUT2D eigenvalue weighted by atomic mass is 16.2. The molecular formula is C14H23N3O. The minimum absolute atomic E-state index is 0.0544. The molecule has 1 saturated carbocycles. The third kappa shape index (κ3) is 2.42. The maximum atomic E-state index is 12.3. The number of hydrogen-bond donors (Lipinski definition) is 0. The molecule has 4 nitrogen and oxygen atoms in total. The Morgan fingerprint density at radius 3 is 2.39 bits per heavy atom. The number of nitrogens with zero attached hydrogens (tertiary/aromatic N) is 3. The van der Waals surface area contributed by atoms with E-state index in [1.807, 2.05) is 22.7 Å². The average Bonchev–Trinajstić information content (AvgIpc) is 3.04. The molecule has 1 aliphatic carbocycles. The Labute approximate surface area is 109 Å². The predicted molar refractivity (Wildman–Crippen MR) is 71.8 cm³/mol. The molecule has 1 aliphatic rings. The van der Waals surface area contributed by atoms with Crippen molar-refractivity contribution in [1.29, 1.82) is 0 Å². The zero-order valence-corrected chi connectivity index (χ0v) is 12.0. The van der Waals surface area contributed by atoms with E-state index in [0.29, 0.717) is 17.7 Å². The number of carbonyl (C=O) groups excluding carboxylic acids is 1. The van der Waals surface area contributed by atoms with Gasteiger partial charge in [0, 0.05) is 24.8 Å². The topological polar surface area (TPSA) is 38.1 Å². The Hall–Kier alpha value is -1.32. The molecule has 0 spiro atoms. The Morgan fingerprint density at radius 1 is 1.39 bits per heavy atom. The van der Waals surface area contributed by atoms with Crippen LogP contribution in [0, 0.1) is 0 Å². The van der Waals surface area contributed by atoms with Gasteiger partial charge in [-0.15, -0.1) is 0 Å². The van der Waals surface area contributed by atoms with E-state index < -0.39 is 0 Å². The van der Waals surface area contributed by atoms with Gasteiger partial charge in [0.2, 0.25) is 0 Å². The number of aromatic nitrogens is 2. The number of rotatable bonds is 4. The lowest BCUT2D eigenvalue weighted by atomic mass is 10.1. The van der Waals surface area contributed by atoms with Gasteiger partial charge in [0.15, 0.2) is 5.69 Å². The van der Waals surface area contributed by atoms with E-state index in [2.05, 4.69) is 32.8 Å². The summed E-state index contributed by atoms with van der Waals surface area (Å²) >= 11 is 0. The zero-order valence-electron chi connectivity index (χ0n) is 12.0. The molecule has 0 N–H and O–H groups in total. The Kier molecular flexibility index (Phi) is 3.46. The summed E-state index contributed by atoms with van der Waals surface area (Å²) < 4.78 is 1.97. The van der Waals surface area contributed by atoms with Crippen LogP contribution in [0.1, 0.15) is 68.7 Å². The van der Waals surface area contributed by atoms with Crippen LogP contribution in [0.4, 0.5) is 0 Å². The van der Waals surface area contributed by atoms with E-state index in [1.54, 1.807) is 0 Å². The van der Waals surface area contributed by atoms with Crippen LogP contribution < -0.4 is 0 Å². The van der Waals surface area contributed by atoms with Crippen molar-refractivity contribution in [3.63, 3.8) is 0 Å². The number of hydrogen-bond acceptors (Lipinski definition) is 2. The van der Waals surface area contributed by atoms with Gasteiger partial charge in [-0.3, -0.25) is 9.48 Å². The molecule has 0 atom stereocenters. The molecule has 1 aromatic rings. The van der Waals surface area contributed by atoms with Crippen molar-refractivity contribution in [2.45, 2.75) is 58.5 Å². The van der Waals surface area contributed by atoms with Crippen LogP contribution in [0.2, 0.25) is 0 Å². The Balaban J connectivity index is 2.28. The molecular weight excluding hydrogens is 226 g/mol. The van der Waals surface area contributed by atoms with Crippen molar-refractivity contribution in [2.75, 3.05) is 7.05 Å². The molecule has 2 rings (SSSR count). The Morgan fingerprint density at radius 2 is 2.00 bits per heavy atom. The first-order valence-electron chi connectivity index (χ1n) is 6.78. The fraction of sp³-hybridized carbons (Fsp3) is 0.714. The molecule has 0 unspecified atom stereocenters. The minimum Gasteiger partial charge on any atom is -0.337 e. The molecule has 4 heteroatoms. The molecule has 1 fully saturated rings. The number of carbonyl (C=O) groups is 1. The molecule has 18 heavy (non-hydrogen) atoms. The standard InChI is InChI=1S/C14H23N3O/c1-9(2)13-8-12(15-17(13)10(3)4)14(18)16(5)11-6-7-11/h8-11H,6-7H2,1-5H3. The average molecular weight is 249 g/mol. The molecule has 0 aliphatic heterocycles. The first kappa shape index (κ1) is 13.1. The van der Waals surface area contributed by atoms with Crippen molar-refractivity contribution in [1.82, 2.24) is 14.7 Å². The molecule has 0 bridgehead atoms. The smallest absolute Gasteiger partial charge is 0.274 e. The lowest BCUT2D eigenvalue weighted by Gasteiger charge is -2.14. The van der Waals surface area contributed by atoms with Gasteiger partial charge < -0.3 is 4.90 Å². The van der Waals surface area contributed by atoms with Gasteiger partial charge in [0.05, 0.1) is 0 Å². The summed E-state index contributed by atoms with van der Waals surface area (Å²) in [5.41, 5.74) is 1.72. The van der Waals surface area contributed by atoms with Crippen molar-refractivity contribution >= 4 is 5.91 Å². The summed E-state index contributed by atoms with van der Waals surface area (Å²) in [4.78, 5) is 14.1. The van der Waals surface area contributed by atoms with Crippen molar-refractivity contribution < 1.29 is 4.79 Å². The van der Waals surface area contributed by atoms with Crippen molar-refractivity contribution in [2.24, 2.45) is 0 Å². The van der Waals surface area contributed by atoms with Crippen LogP contribution in [0.25, 0.3) is 0 Å². The normalized spacial score (nSPS) is 15.5. The zero-order chi connectivity index (χ0) is 13.4. The van der Waals surface area contributed by atoms with E-state index in [4.69, 9.17) is 0 Å². The van der Waals surface area contributed by atoms with E-state index >= 15 is 0 Å². The second-order valence-electron chi connectivity index (χ2n) is 5.79. The molecule has 1 amide bonds. The maximum Gasteiger partial charge on any atom is 0.274 e. The van der Waals surface area contributed by atoms with Gasteiger partial charge >= 0.3 is 0 Å². The van der Waals surface area contributed by atoms with Gasteiger partial charge in [-0.05, 0) is 38.7 Å². The summed E-state index contributed by atoms with van der Waals surface area (Å²) in [6.07, 6.45) is 2.26. The first-order valence-corrected chi connectivity index (χ1v) is 6.78. The summed E-state index contributed by atoms with van der Waals surface area (Å²) in [5.74, 6) is 0.437. The SMILES string of the molecule is CC(C)c1cc(C(=O)N(C)C2CC2)nn1C(C)C. The van der Waals surface area contributed by atoms with Crippen LogP contribution >= 0.6 is 0 Å². The third-order valence-corrected chi connectivity index (χ3v) is 3.48. The number of amides is 1. The highest BCUT2D eigenvalue weighted by Crippen LogP contribution is 2.27. The predicted octanol–water partition coefficient (Wildman–Crippen LogP) is 2.82. The van der Waals surface area contributed by atoms with Crippen LogP contribution in [-0.2, 0) is 0 Å². The van der Waals surface area contributed by atoms with Gasteiger partial charge in [-0.2, -0.15) is 5.10 Å². The van der Waals surface area contributed by atoms with Crippen LogP contribution in [0.3, 0.4) is 0 Å². The highest BCUT2D eigenvalue weighted by molar-refractivity contribution is 5.92. The summed E-state index contributed by atoms with van der Waals surface area (Å²) in [6, 6.07) is 2.67. The molecule has 0 aromatic carbocycles. The third-order valence-electron chi connectivity index (χ3n) is 3.48. The van der Waals surface area contributed by atoms with Crippen molar-refractivity contribution in [3.05, 3.63) is 17.5 Å². The highest BCUT2D eigenvalue weighted by Gasteiger charge is 2.31. The minimum atomic E-state index is 0.0544. The monoisotopic (exact) mass is 249 g/mol. The van der Waals surface area contributed by atoms with Crippen LogP contribution in [0.15, 0.2) is 6.07 Å². The quantitative estimate of drug-likeness (QED) is 0.823. The van der Waals surface area contributed by atoms with Gasteiger partial charge in [-0.25, -0.2) is 0 Å². The molecule has 1 aromatic heterocycles. The van der Waals surface area contributed by atoms with Crippen LogP contribution in [-0.4, -0.2) is 33.7 Å². The van der Waals surface area contributed by atoms with E-state index in [9.17, 15) is 4.79 Å². The maximum absolute atomic E-state index is 12.3. The molecule has 100 valence electrons. The second-order valence-corrected chi connectivity index (χ2v) is 5.79. The molecule has 0 radical (unpaired) electrons. The first-order chi connectivity index (χ1) is 8.41. The lowest BCUT2D eigenvalue weighted by Crippen LogP contribution is -2.29. The fourth-order valence-electron chi connectivity index (χ4n) is 2.17. The lowest BCUT2D eigenvalue weighted by molar-refractivity contribution is 0.0778. The summed E-state index contributed by atoms with van der Waals surface area (Å²) in [7, 11) is 1.88. The van der Waals surface area contributed by atoms with Gasteiger partial charge in [0.1, 0.15) is 0 Å². The van der Waals surface area contributed by atoms with E-state index in [0.717, 1.165) is 18.5 Å². The van der Waals surface area contributed by atoms with Crippen molar-refractivity contribution in [3.8, 4) is 0 Å². The fourth-order valence-corrected chi connectivity index (χ4v) is 2.17. The van der Waals surface area contributed by atoms with Crippen LogP contribution in [0.5, 0.6) is 0 Å². The van der Waals surface area contributed by atoms with Gasteiger partial charge in [0.25, 0.3) is 5.91 Å². The summed E-state index contributed by atoms with van der Waals surface area (Å²) in [6.45, 7) is 8.46. The Bertz CT molecular complexity index is 418. The molecule has 1 heterocycles. The molecule has 0 saturated heterocycles. The largest absolute Gasteiger partial charge is 0.337 e. The summed E-state index contributed by atoms with van der Waals surface area (Å²) in [5, 5.41) is 4.49. The van der Waals surface area contributed by atoms with Gasteiger partial charge in [-0.1, -0.05) is 13.8 Å². The van der Waals surface area contributed by atoms with E-state index in [-0.39, 0.29) is 11.9 Å². The van der Waals surface area contributed by atoms with E-state index in [1.165, 1.54) is 0 Å².